The second-order valence-electron chi connectivity index (χ2n) is 10.9. The first-order chi connectivity index (χ1) is 21.3. The van der Waals surface area contributed by atoms with Crippen molar-refractivity contribution >= 4 is 51.2 Å². The predicted octanol–water partition coefficient (Wildman–Crippen LogP) is 2.80. The third-order valence-corrected chi connectivity index (χ3v) is 9.55. The van der Waals surface area contributed by atoms with Crippen LogP contribution in [0.4, 0.5) is 0 Å². The van der Waals surface area contributed by atoms with E-state index in [0.717, 1.165) is 82.5 Å². The average molecular weight is 687 g/mol. The molecule has 0 saturated carbocycles. The molecule has 0 amide bonds. The van der Waals surface area contributed by atoms with Crippen LogP contribution >= 0.6 is 21.6 Å². The first kappa shape index (κ1) is 47.5. The van der Waals surface area contributed by atoms with Crippen LogP contribution in [0, 0.1) is 0 Å². The fourth-order valence-electron chi connectivity index (χ4n) is 3.70. The number of aliphatic carboxylic acids is 4. The summed E-state index contributed by atoms with van der Waals surface area (Å²) in [6, 6.07) is -0.932. The molecule has 45 heavy (non-hydrogen) atoms. The number of carbonyl (C=O) groups excluding carboxylic acids is 1. The number of unbranched alkanes of at least 4 members (excludes halogenated alkanes) is 7. The Morgan fingerprint density at radius 1 is 0.667 bits per heavy atom. The fourth-order valence-corrected chi connectivity index (χ4v) is 6.73. The number of nitrogens with two attached hydrogens (primary N) is 2. The molecular weight excluding hydrogens is 624 g/mol. The Balaban J connectivity index is -0.000000526. The third kappa shape index (κ3) is 42.1. The second kappa shape index (κ2) is 35.0. The number of hydrogen-bond donors (Lipinski definition) is 8. The van der Waals surface area contributed by atoms with Crippen molar-refractivity contribution in [1.82, 2.24) is 0 Å². The molecule has 14 N–H and O–H groups in total. The third-order valence-electron chi connectivity index (χ3n) is 6.54. The van der Waals surface area contributed by atoms with Crippen LogP contribution in [0.3, 0.4) is 0 Å². The SMILES string of the molecule is CC(=O)[C@@H](N)CCCC[NH3+].N[C@@H](CCCC[NH3+])C(=O)O.O=C(O)CCCCCCCC(=O)O.O=C(O)CCCC[C@@H]1CCSS1. The first-order valence-corrected chi connectivity index (χ1v) is 18.4. The molecule has 0 unspecified atom stereocenters. The minimum absolute atomic E-state index is 0.0871. The van der Waals surface area contributed by atoms with Gasteiger partial charge in [0, 0.05) is 30.3 Å². The molecule has 1 rings (SSSR count). The molecule has 1 saturated heterocycles. The predicted molar refractivity (Wildman–Crippen MR) is 180 cm³/mol. The Morgan fingerprint density at radius 2 is 1.09 bits per heavy atom. The highest BCUT2D eigenvalue weighted by molar-refractivity contribution is 8.77. The summed E-state index contributed by atoms with van der Waals surface area (Å²) < 4.78 is 0. The van der Waals surface area contributed by atoms with E-state index in [-0.39, 0.29) is 24.7 Å². The van der Waals surface area contributed by atoms with Crippen molar-refractivity contribution in [3.05, 3.63) is 0 Å². The van der Waals surface area contributed by atoms with Crippen LogP contribution in [0.15, 0.2) is 0 Å². The Hall–Kier alpha value is -1.91. The van der Waals surface area contributed by atoms with Gasteiger partial charge in [-0.05, 0) is 77.6 Å². The molecule has 1 aliphatic heterocycles. The van der Waals surface area contributed by atoms with E-state index in [1.54, 1.807) is 0 Å². The Bertz CT molecular complexity index is 730. The van der Waals surface area contributed by atoms with Gasteiger partial charge in [0.1, 0.15) is 11.8 Å². The quantitative estimate of drug-likeness (QED) is 0.0568. The van der Waals surface area contributed by atoms with Crippen LogP contribution in [-0.4, -0.2) is 86.3 Å². The second-order valence-corrected chi connectivity index (χ2v) is 13.7. The first-order valence-electron chi connectivity index (χ1n) is 16.0. The number of Topliss-reactive ketones (excluding diaryl/α,β-unsaturated/α-hetero) is 1. The van der Waals surface area contributed by atoms with Crippen molar-refractivity contribution in [2.75, 3.05) is 18.8 Å². The van der Waals surface area contributed by atoms with Crippen LogP contribution in [0.1, 0.15) is 122 Å². The number of carboxylic acids is 4. The number of carboxylic acid groups (broad SMARTS) is 4. The Kier molecular flexibility index (Phi) is 36.9. The highest BCUT2D eigenvalue weighted by Crippen LogP contribution is 2.39. The molecule has 0 spiro atoms. The molecule has 0 bridgehead atoms. The maximum absolute atomic E-state index is 10.6. The van der Waals surface area contributed by atoms with Gasteiger partial charge in [-0.15, -0.1) is 0 Å². The minimum atomic E-state index is -0.913. The van der Waals surface area contributed by atoms with Gasteiger partial charge in [0.15, 0.2) is 0 Å². The van der Waals surface area contributed by atoms with Crippen molar-refractivity contribution in [3.8, 4) is 0 Å². The molecule has 0 aliphatic carbocycles. The normalized spacial score (nSPS) is 14.7. The van der Waals surface area contributed by atoms with Crippen LogP contribution in [-0.2, 0) is 24.0 Å². The molecule has 266 valence electrons. The number of ketones is 1. The largest absolute Gasteiger partial charge is 0.481 e. The highest BCUT2D eigenvalue weighted by Gasteiger charge is 2.15. The molecule has 1 aliphatic rings. The highest BCUT2D eigenvalue weighted by atomic mass is 33.1. The van der Waals surface area contributed by atoms with Crippen LogP contribution in [0.2, 0.25) is 0 Å². The van der Waals surface area contributed by atoms with Crippen molar-refractivity contribution in [2.24, 2.45) is 11.5 Å². The summed E-state index contributed by atoms with van der Waals surface area (Å²) in [6.45, 7) is 3.33. The van der Waals surface area contributed by atoms with Gasteiger partial charge in [0.2, 0.25) is 0 Å². The molecule has 0 aromatic rings. The Morgan fingerprint density at radius 3 is 1.44 bits per heavy atom. The Labute approximate surface area is 276 Å². The molecular formula is C30H62N4O9S2+2. The zero-order valence-electron chi connectivity index (χ0n) is 27.3. The molecule has 1 fully saturated rings. The summed E-state index contributed by atoms with van der Waals surface area (Å²) in [6.07, 6.45) is 14.6. The fraction of sp³-hybridized carbons (Fsp3) is 0.833. The molecule has 0 radical (unpaired) electrons. The molecule has 0 aromatic heterocycles. The lowest BCUT2D eigenvalue weighted by molar-refractivity contribution is -0.368. The molecule has 13 nitrogen and oxygen atoms in total. The van der Waals surface area contributed by atoms with Crippen molar-refractivity contribution in [2.45, 2.75) is 140 Å². The topological polar surface area (TPSA) is 274 Å². The summed E-state index contributed by atoms with van der Waals surface area (Å²) in [5.74, 6) is -1.73. The number of rotatable bonds is 23. The molecule has 3 atom stereocenters. The van der Waals surface area contributed by atoms with Gasteiger partial charge in [-0.3, -0.25) is 24.0 Å². The van der Waals surface area contributed by atoms with Gasteiger partial charge in [-0.1, -0.05) is 47.3 Å². The van der Waals surface area contributed by atoms with E-state index in [1.165, 1.54) is 25.5 Å². The summed E-state index contributed by atoms with van der Waals surface area (Å²) in [7, 11) is 3.92. The van der Waals surface area contributed by atoms with Gasteiger partial charge in [-0.25, -0.2) is 0 Å². The zero-order valence-corrected chi connectivity index (χ0v) is 28.9. The van der Waals surface area contributed by atoms with Crippen molar-refractivity contribution in [1.29, 1.82) is 0 Å². The number of hydrogen-bond acceptors (Lipinski definition) is 9. The van der Waals surface area contributed by atoms with Crippen LogP contribution in [0.5, 0.6) is 0 Å². The van der Waals surface area contributed by atoms with E-state index in [0.29, 0.717) is 25.7 Å². The summed E-state index contributed by atoms with van der Waals surface area (Å²) in [5, 5.41) is 34.2. The summed E-state index contributed by atoms with van der Waals surface area (Å²) >= 11 is 0. The van der Waals surface area contributed by atoms with Crippen molar-refractivity contribution < 1.29 is 55.9 Å². The summed E-state index contributed by atoms with van der Waals surface area (Å²) in [4.78, 5) is 51.1. The van der Waals surface area contributed by atoms with E-state index in [1.807, 2.05) is 21.6 Å². The maximum Gasteiger partial charge on any atom is 0.320 e. The standard InChI is InChI=1S/C9H16O4.C8H14O2S2.C7H16N2O.C6H14N2O2/c10-8(11)6-4-2-1-3-5-7-9(12)13;9-8(10)4-2-1-3-7-5-6-11-12-7;1-6(10)7(9)4-2-3-5-8;7-4-2-1-3-5(8)6(9)10/h1-7H2,(H,10,11)(H,12,13);7H,1-6H2,(H,9,10);7H,2-5,8-9H2,1H3;5H,1-4,7-8H2,(H,9,10)/p+2/t;2*7-;5-/m.100/s1. The van der Waals surface area contributed by atoms with Gasteiger partial charge in [-0.2, -0.15) is 0 Å². The van der Waals surface area contributed by atoms with Crippen LogP contribution < -0.4 is 22.9 Å². The van der Waals surface area contributed by atoms with E-state index in [2.05, 4.69) is 11.5 Å². The minimum Gasteiger partial charge on any atom is -0.481 e. The average Bonchev–Trinajstić information content (AvgIpc) is 3.49. The molecule has 0 aromatic carbocycles. The van der Waals surface area contributed by atoms with Gasteiger partial charge in [0.05, 0.1) is 19.1 Å². The zero-order chi connectivity index (χ0) is 34.9. The molecule has 1 heterocycles. The van der Waals surface area contributed by atoms with Gasteiger partial charge >= 0.3 is 23.9 Å². The summed E-state index contributed by atoms with van der Waals surface area (Å²) in [5.41, 5.74) is 18.1. The lowest BCUT2D eigenvalue weighted by Crippen LogP contribution is -2.50. The number of carbonyl (C=O) groups is 5. The number of quaternary nitrogens is 2. The van der Waals surface area contributed by atoms with Gasteiger partial charge < -0.3 is 43.4 Å². The van der Waals surface area contributed by atoms with E-state index in [9.17, 15) is 24.0 Å². The lowest BCUT2D eigenvalue weighted by Gasteiger charge is -2.04. The maximum atomic E-state index is 10.6. The van der Waals surface area contributed by atoms with E-state index in [4.69, 9.17) is 31.9 Å². The monoisotopic (exact) mass is 686 g/mol. The van der Waals surface area contributed by atoms with Gasteiger partial charge in [0.25, 0.3) is 0 Å². The van der Waals surface area contributed by atoms with E-state index < -0.39 is 29.9 Å². The smallest absolute Gasteiger partial charge is 0.320 e. The molecule has 15 heteroatoms. The van der Waals surface area contributed by atoms with E-state index >= 15 is 0 Å². The van der Waals surface area contributed by atoms with Crippen LogP contribution in [0.25, 0.3) is 0 Å². The van der Waals surface area contributed by atoms with Crippen molar-refractivity contribution in [3.63, 3.8) is 0 Å². The lowest BCUT2D eigenvalue weighted by atomic mass is 10.1.